The van der Waals surface area contributed by atoms with Crippen LogP contribution in [0.25, 0.3) is 0 Å². The Morgan fingerprint density at radius 2 is 1.54 bits per heavy atom. The van der Waals surface area contributed by atoms with Gasteiger partial charge in [-0.2, -0.15) is 8.78 Å². The van der Waals surface area contributed by atoms with E-state index in [1.54, 1.807) is 0 Å². The average Bonchev–Trinajstić information content (AvgIpc) is 3.15. The maximum Gasteiger partial charge on any atom is 0.311 e. The van der Waals surface area contributed by atoms with Gasteiger partial charge in [0.05, 0.1) is 18.7 Å². The molecular formula is C23H17F4NO7. The van der Waals surface area contributed by atoms with Crippen molar-refractivity contribution in [2.24, 2.45) is 0 Å². The lowest BCUT2D eigenvalue weighted by atomic mass is 10.1. The Kier molecular flexibility index (Phi) is 7.84. The number of hydrogen-bond donors (Lipinski definition) is 1. The summed E-state index contributed by atoms with van der Waals surface area (Å²) in [6.07, 6.45) is 1.48. The summed E-state index contributed by atoms with van der Waals surface area (Å²) in [7, 11) is 0. The number of carbonyl (C=O) groups is 4. The molecule has 2 aromatic carbocycles. The van der Waals surface area contributed by atoms with Crippen molar-refractivity contribution in [3.05, 3.63) is 65.2 Å². The molecular weight excluding hydrogens is 478 g/mol. The third-order valence-electron chi connectivity index (χ3n) is 4.80. The molecule has 0 unspecified atom stereocenters. The van der Waals surface area contributed by atoms with Crippen LogP contribution in [0.2, 0.25) is 0 Å². The number of benzene rings is 2. The lowest BCUT2D eigenvalue weighted by molar-refractivity contribution is -0.137. The smallest absolute Gasteiger partial charge is 0.311 e. The Morgan fingerprint density at radius 1 is 0.914 bits per heavy atom. The van der Waals surface area contributed by atoms with Crippen LogP contribution >= 0.6 is 0 Å². The maximum atomic E-state index is 13.7. The molecule has 0 atom stereocenters. The molecule has 2 aromatic rings. The van der Waals surface area contributed by atoms with Crippen molar-refractivity contribution >= 4 is 29.4 Å². The molecule has 0 bridgehead atoms. The SMILES string of the molecule is O=C(O)CCCOc1cc(N2C(=O)C=CC2=O)ccc1CCC(=O)Oc1c(F)c(F)cc(F)c1F. The Bertz CT molecular complexity index is 1180. The van der Waals surface area contributed by atoms with Crippen molar-refractivity contribution < 1.29 is 51.3 Å². The first-order valence-corrected chi connectivity index (χ1v) is 10.2. The molecule has 0 radical (unpaired) electrons. The molecule has 35 heavy (non-hydrogen) atoms. The number of carbonyl (C=O) groups excluding carboxylic acids is 3. The van der Waals surface area contributed by atoms with Crippen molar-refractivity contribution in [2.45, 2.75) is 25.7 Å². The van der Waals surface area contributed by atoms with Crippen LogP contribution in [-0.2, 0) is 25.6 Å². The molecule has 0 aliphatic carbocycles. The van der Waals surface area contributed by atoms with Crippen molar-refractivity contribution in [2.75, 3.05) is 11.5 Å². The quantitative estimate of drug-likeness (QED) is 0.134. The van der Waals surface area contributed by atoms with Crippen LogP contribution in [0.15, 0.2) is 36.4 Å². The van der Waals surface area contributed by atoms with Gasteiger partial charge in [-0.05, 0) is 24.5 Å². The predicted molar refractivity (Wildman–Crippen MR) is 111 cm³/mol. The minimum atomic E-state index is -1.86. The number of carboxylic acid groups (broad SMARTS) is 1. The molecule has 0 fully saturated rings. The van der Waals surface area contributed by atoms with E-state index in [-0.39, 0.29) is 43.4 Å². The normalized spacial score (nSPS) is 12.9. The van der Waals surface area contributed by atoms with Gasteiger partial charge < -0.3 is 14.6 Å². The van der Waals surface area contributed by atoms with Crippen molar-refractivity contribution in [1.29, 1.82) is 0 Å². The monoisotopic (exact) mass is 495 g/mol. The number of anilines is 1. The van der Waals surface area contributed by atoms with Crippen LogP contribution in [0.3, 0.4) is 0 Å². The number of ether oxygens (including phenoxy) is 2. The van der Waals surface area contributed by atoms with Gasteiger partial charge in [0.25, 0.3) is 11.8 Å². The lowest BCUT2D eigenvalue weighted by Gasteiger charge is -2.18. The Morgan fingerprint density at radius 3 is 2.14 bits per heavy atom. The van der Waals surface area contributed by atoms with Gasteiger partial charge in [-0.3, -0.25) is 19.2 Å². The van der Waals surface area contributed by atoms with Crippen molar-refractivity contribution in [3.63, 3.8) is 0 Å². The number of carboxylic acids is 1. The van der Waals surface area contributed by atoms with E-state index in [2.05, 4.69) is 4.74 Å². The fourth-order valence-electron chi connectivity index (χ4n) is 3.13. The summed E-state index contributed by atoms with van der Waals surface area (Å²) in [5, 5.41) is 8.76. The number of hydrogen-bond acceptors (Lipinski definition) is 6. The molecule has 0 saturated heterocycles. The second-order valence-electron chi connectivity index (χ2n) is 7.25. The number of halogens is 4. The number of esters is 1. The number of amides is 2. The first-order valence-electron chi connectivity index (χ1n) is 10.2. The average molecular weight is 495 g/mol. The number of imide groups is 1. The number of aliphatic carboxylic acids is 1. The fraction of sp³-hybridized carbons (Fsp3) is 0.217. The number of aryl methyl sites for hydroxylation is 1. The lowest BCUT2D eigenvalue weighted by Crippen LogP contribution is -2.29. The minimum Gasteiger partial charge on any atom is -0.493 e. The molecule has 1 aliphatic rings. The van der Waals surface area contributed by atoms with E-state index in [1.807, 2.05) is 0 Å². The molecule has 12 heteroatoms. The molecule has 1 heterocycles. The first-order chi connectivity index (χ1) is 16.6. The summed E-state index contributed by atoms with van der Waals surface area (Å²) in [6.45, 7) is -0.0493. The highest BCUT2D eigenvalue weighted by Crippen LogP contribution is 2.30. The van der Waals surface area contributed by atoms with Crippen molar-refractivity contribution in [1.82, 2.24) is 0 Å². The van der Waals surface area contributed by atoms with Gasteiger partial charge in [0, 0.05) is 30.7 Å². The summed E-state index contributed by atoms with van der Waals surface area (Å²) in [5.74, 6) is -12.0. The third-order valence-corrected chi connectivity index (χ3v) is 4.80. The second-order valence-corrected chi connectivity index (χ2v) is 7.25. The number of nitrogens with zero attached hydrogens (tertiary/aromatic N) is 1. The van der Waals surface area contributed by atoms with Gasteiger partial charge in [-0.1, -0.05) is 6.07 Å². The minimum absolute atomic E-state index is 0.0249. The zero-order valence-corrected chi connectivity index (χ0v) is 17.9. The molecule has 2 amide bonds. The van der Waals surface area contributed by atoms with E-state index in [0.29, 0.717) is 5.56 Å². The van der Waals surface area contributed by atoms with Crippen LogP contribution in [0.5, 0.6) is 11.5 Å². The highest BCUT2D eigenvalue weighted by atomic mass is 19.2. The van der Waals surface area contributed by atoms with Gasteiger partial charge in [-0.15, -0.1) is 0 Å². The van der Waals surface area contributed by atoms with Gasteiger partial charge >= 0.3 is 11.9 Å². The topological polar surface area (TPSA) is 110 Å². The van der Waals surface area contributed by atoms with E-state index < -0.39 is 59.2 Å². The molecule has 0 spiro atoms. The van der Waals surface area contributed by atoms with E-state index >= 15 is 0 Å². The molecule has 0 saturated carbocycles. The Balaban J connectivity index is 1.76. The first kappa shape index (κ1) is 25.4. The van der Waals surface area contributed by atoms with Gasteiger partial charge in [0.1, 0.15) is 5.75 Å². The zero-order valence-electron chi connectivity index (χ0n) is 17.9. The standard InChI is InChI=1S/C23H17F4NO7/c24-14-11-15(25)22(27)23(21(14)26)35-20(33)8-4-12-3-5-13(28-17(29)6-7-18(28)30)10-16(12)34-9-1-2-19(31)32/h3,5-7,10-11H,1-2,4,8-9H2,(H,31,32). The highest BCUT2D eigenvalue weighted by molar-refractivity contribution is 6.28. The second kappa shape index (κ2) is 10.8. The summed E-state index contributed by atoms with van der Waals surface area (Å²) in [4.78, 5) is 47.6. The zero-order chi connectivity index (χ0) is 25.7. The predicted octanol–water partition coefficient (Wildman–Crippen LogP) is 3.45. The summed E-state index contributed by atoms with van der Waals surface area (Å²) < 4.78 is 64.1. The van der Waals surface area contributed by atoms with Crippen LogP contribution < -0.4 is 14.4 Å². The molecule has 1 aliphatic heterocycles. The molecule has 3 rings (SSSR count). The largest absolute Gasteiger partial charge is 0.493 e. The van der Waals surface area contributed by atoms with Gasteiger partial charge in [-0.25, -0.2) is 13.7 Å². The van der Waals surface area contributed by atoms with E-state index in [1.165, 1.54) is 18.2 Å². The van der Waals surface area contributed by atoms with Crippen LogP contribution in [0.1, 0.15) is 24.8 Å². The van der Waals surface area contributed by atoms with E-state index in [4.69, 9.17) is 9.84 Å². The van der Waals surface area contributed by atoms with Crippen LogP contribution in [0.4, 0.5) is 23.2 Å². The highest BCUT2D eigenvalue weighted by Gasteiger charge is 2.26. The molecule has 0 aromatic heterocycles. The van der Waals surface area contributed by atoms with E-state index in [9.17, 15) is 36.7 Å². The van der Waals surface area contributed by atoms with Crippen molar-refractivity contribution in [3.8, 4) is 11.5 Å². The molecule has 8 nitrogen and oxygen atoms in total. The number of rotatable bonds is 10. The van der Waals surface area contributed by atoms with E-state index in [0.717, 1.165) is 17.1 Å². The molecule has 184 valence electrons. The summed E-state index contributed by atoms with van der Waals surface area (Å²) in [5.41, 5.74) is 0.503. The Hall–Kier alpha value is -4.22. The Labute approximate surface area is 195 Å². The summed E-state index contributed by atoms with van der Waals surface area (Å²) in [6, 6.07) is 4.14. The fourth-order valence-corrected chi connectivity index (χ4v) is 3.13. The van der Waals surface area contributed by atoms with Gasteiger partial charge in [0.15, 0.2) is 11.6 Å². The van der Waals surface area contributed by atoms with Gasteiger partial charge in [0.2, 0.25) is 17.4 Å². The van der Waals surface area contributed by atoms with Crippen LogP contribution in [-0.4, -0.2) is 35.5 Å². The summed E-state index contributed by atoms with van der Waals surface area (Å²) >= 11 is 0. The molecule has 1 N–H and O–H groups in total. The third kappa shape index (κ3) is 6.02. The maximum absolute atomic E-state index is 13.7. The van der Waals surface area contributed by atoms with Crippen LogP contribution in [0, 0.1) is 23.3 Å².